The molecule has 0 saturated heterocycles. The number of imidazole rings is 1. The van der Waals surface area contributed by atoms with Crippen LogP contribution in [0.5, 0.6) is 0 Å². The number of nitrogens with zero attached hydrogens (tertiary/aromatic N) is 4. The van der Waals surface area contributed by atoms with Crippen molar-refractivity contribution in [1.82, 2.24) is 18.7 Å². The lowest BCUT2D eigenvalue weighted by Crippen LogP contribution is -2.39. The third kappa shape index (κ3) is 3.64. The molecule has 2 aromatic heterocycles. The van der Waals surface area contributed by atoms with Gasteiger partial charge in [-0.3, -0.25) is 13.9 Å². The van der Waals surface area contributed by atoms with E-state index in [9.17, 15) is 14.7 Å². The number of fused-ring (bicyclic) bond motifs is 1. The van der Waals surface area contributed by atoms with Crippen LogP contribution >= 0.6 is 23.2 Å². The molecular formula is C20H23Cl2N5O3. The number of aliphatic hydroxyl groups is 1. The van der Waals surface area contributed by atoms with Crippen molar-refractivity contribution < 1.29 is 5.11 Å². The molecule has 2 atom stereocenters. The number of halogens is 2. The fraction of sp³-hybridized carbons (Fsp3) is 0.450. The third-order valence-electron chi connectivity index (χ3n) is 5.73. The molecule has 0 spiro atoms. The van der Waals surface area contributed by atoms with Gasteiger partial charge in [0.1, 0.15) is 0 Å². The maximum absolute atomic E-state index is 13.2. The Morgan fingerprint density at radius 2 is 1.87 bits per heavy atom. The Labute approximate surface area is 182 Å². The molecule has 1 aliphatic carbocycles. The largest absolute Gasteiger partial charge is 0.391 e. The maximum Gasteiger partial charge on any atom is 0.332 e. The molecule has 4 rings (SSSR count). The predicted octanol–water partition coefficient (Wildman–Crippen LogP) is 2.50. The molecule has 0 amide bonds. The highest BCUT2D eigenvalue weighted by Crippen LogP contribution is 2.24. The fourth-order valence-corrected chi connectivity index (χ4v) is 4.30. The zero-order valence-corrected chi connectivity index (χ0v) is 18.2. The second-order valence-corrected chi connectivity index (χ2v) is 8.57. The fourth-order valence-electron chi connectivity index (χ4n) is 3.98. The first-order chi connectivity index (χ1) is 14.3. The van der Waals surface area contributed by atoms with E-state index in [4.69, 9.17) is 23.2 Å². The van der Waals surface area contributed by atoms with Gasteiger partial charge < -0.3 is 15.0 Å². The van der Waals surface area contributed by atoms with Crippen molar-refractivity contribution in [3.05, 3.63) is 54.6 Å². The first-order valence-electron chi connectivity index (χ1n) is 9.82. The van der Waals surface area contributed by atoms with E-state index in [1.165, 1.54) is 4.57 Å². The van der Waals surface area contributed by atoms with Crippen LogP contribution in [0.2, 0.25) is 10.0 Å². The Kier molecular flexibility index (Phi) is 5.65. The molecule has 10 heteroatoms. The lowest BCUT2D eigenvalue weighted by atomic mass is 9.93. The van der Waals surface area contributed by atoms with Gasteiger partial charge in [-0.05, 0) is 30.5 Å². The summed E-state index contributed by atoms with van der Waals surface area (Å²) in [5.74, 6) is 0.454. The van der Waals surface area contributed by atoms with Crippen molar-refractivity contribution in [3.63, 3.8) is 0 Å². The van der Waals surface area contributed by atoms with Crippen LogP contribution in [-0.2, 0) is 20.6 Å². The molecule has 3 aromatic rings. The summed E-state index contributed by atoms with van der Waals surface area (Å²) in [6.07, 6.45) is 3.11. The number of aliphatic hydroxyl groups excluding tert-OH is 1. The average Bonchev–Trinajstić information content (AvgIpc) is 3.04. The number of rotatable bonds is 4. The number of nitrogens with one attached hydrogen (secondary N) is 1. The van der Waals surface area contributed by atoms with Gasteiger partial charge in [0, 0.05) is 14.1 Å². The number of aromatic nitrogens is 4. The van der Waals surface area contributed by atoms with Crippen LogP contribution in [-0.4, -0.2) is 35.9 Å². The van der Waals surface area contributed by atoms with E-state index < -0.39 is 17.4 Å². The molecule has 0 aliphatic heterocycles. The van der Waals surface area contributed by atoms with Crippen LogP contribution in [0.4, 0.5) is 5.95 Å². The number of hydrogen-bond acceptors (Lipinski definition) is 5. The van der Waals surface area contributed by atoms with Crippen molar-refractivity contribution >= 4 is 40.3 Å². The minimum absolute atomic E-state index is 0.0631. The van der Waals surface area contributed by atoms with Gasteiger partial charge in [0.2, 0.25) is 5.95 Å². The van der Waals surface area contributed by atoms with Crippen LogP contribution in [0, 0.1) is 0 Å². The first-order valence-corrected chi connectivity index (χ1v) is 10.6. The van der Waals surface area contributed by atoms with E-state index in [1.807, 2.05) is 0 Å². The molecule has 2 heterocycles. The van der Waals surface area contributed by atoms with Crippen molar-refractivity contribution in [2.24, 2.45) is 14.1 Å². The topological polar surface area (TPSA) is 94.1 Å². The smallest absolute Gasteiger partial charge is 0.332 e. The lowest BCUT2D eigenvalue weighted by Gasteiger charge is -2.28. The summed E-state index contributed by atoms with van der Waals surface area (Å²) in [4.78, 5) is 30.6. The van der Waals surface area contributed by atoms with Gasteiger partial charge in [0.25, 0.3) is 5.56 Å². The Bertz CT molecular complexity index is 1230. The monoisotopic (exact) mass is 451 g/mol. The maximum atomic E-state index is 13.2. The third-order valence-corrected chi connectivity index (χ3v) is 6.47. The Balaban J connectivity index is 1.78. The summed E-state index contributed by atoms with van der Waals surface area (Å²) in [5, 5.41) is 14.3. The molecule has 1 aliphatic rings. The van der Waals surface area contributed by atoms with Crippen molar-refractivity contribution in [3.8, 4) is 0 Å². The minimum Gasteiger partial charge on any atom is -0.391 e. The summed E-state index contributed by atoms with van der Waals surface area (Å²) < 4.78 is 4.16. The number of benzene rings is 1. The molecule has 160 valence electrons. The number of aryl methyl sites for hydroxylation is 2. The zero-order chi connectivity index (χ0) is 21.6. The van der Waals surface area contributed by atoms with Crippen molar-refractivity contribution in [1.29, 1.82) is 0 Å². The van der Waals surface area contributed by atoms with Gasteiger partial charge in [-0.2, -0.15) is 4.98 Å². The minimum atomic E-state index is -0.471. The highest BCUT2D eigenvalue weighted by atomic mass is 35.5. The Morgan fingerprint density at radius 1 is 1.13 bits per heavy atom. The van der Waals surface area contributed by atoms with Gasteiger partial charge in [-0.25, -0.2) is 4.79 Å². The summed E-state index contributed by atoms with van der Waals surface area (Å²) >= 11 is 12.0. The van der Waals surface area contributed by atoms with Gasteiger partial charge in [-0.15, -0.1) is 0 Å². The highest BCUT2D eigenvalue weighted by molar-refractivity contribution is 6.42. The molecule has 0 bridgehead atoms. The number of anilines is 1. The van der Waals surface area contributed by atoms with Gasteiger partial charge in [0.05, 0.1) is 28.7 Å². The molecule has 0 radical (unpaired) electrons. The van der Waals surface area contributed by atoms with Gasteiger partial charge in [-0.1, -0.05) is 42.1 Å². The molecule has 1 unspecified atom stereocenters. The van der Waals surface area contributed by atoms with Crippen LogP contribution in [0.1, 0.15) is 31.2 Å². The molecule has 1 fully saturated rings. The van der Waals surface area contributed by atoms with E-state index in [1.54, 1.807) is 36.9 Å². The molecule has 1 saturated carbocycles. The van der Waals surface area contributed by atoms with Gasteiger partial charge >= 0.3 is 5.69 Å². The second-order valence-electron chi connectivity index (χ2n) is 7.75. The standard InChI is InChI=1S/C20H23Cl2N5O3/c1-25-16-17(24-19(25)23-14-5-3-4-6-15(14)28)26(2)20(30)27(18(16)29)10-11-7-8-12(21)13(22)9-11/h7-9,14-15,28H,3-6,10H2,1-2H3,(H,23,24)/t14?,15-/m0/s1. The van der Waals surface area contributed by atoms with Crippen LogP contribution in [0.15, 0.2) is 27.8 Å². The van der Waals surface area contributed by atoms with E-state index in [0.717, 1.165) is 30.3 Å². The Morgan fingerprint density at radius 3 is 2.57 bits per heavy atom. The van der Waals surface area contributed by atoms with Crippen molar-refractivity contribution in [2.75, 3.05) is 5.32 Å². The lowest BCUT2D eigenvalue weighted by molar-refractivity contribution is 0.116. The SMILES string of the molecule is Cn1c(NC2CCCC[C@@H]2O)nc2c1c(=O)n(Cc1ccc(Cl)c(Cl)c1)c(=O)n2C. The first kappa shape index (κ1) is 21.0. The molecule has 1 aromatic carbocycles. The normalized spacial score (nSPS) is 19.4. The summed E-state index contributed by atoms with van der Waals surface area (Å²) in [7, 11) is 3.31. The second kappa shape index (κ2) is 8.09. The van der Waals surface area contributed by atoms with Gasteiger partial charge in [0.15, 0.2) is 11.2 Å². The van der Waals surface area contributed by atoms with E-state index in [0.29, 0.717) is 32.7 Å². The van der Waals surface area contributed by atoms with E-state index in [2.05, 4.69) is 10.3 Å². The van der Waals surface area contributed by atoms with Crippen LogP contribution in [0.3, 0.4) is 0 Å². The number of hydrogen-bond donors (Lipinski definition) is 2. The van der Waals surface area contributed by atoms with Crippen LogP contribution < -0.4 is 16.6 Å². The summed E-state index contributed by atoms with van der Waals surface area (Å²) in [5.41, 5.74) is 0.386. The molecule has 8 nitrogen and oxygen atoms in total. The van der Waals surface area contributed by atoms with E-state index >= 15 is 0 Å². The summed E-state index contributed by atoms with van der Waals surface area (Å²) in [6, 6.07) is 4.87. The average molecular weight is 452 g/mol. The van der Waals surface area contributed by atoms with Crippen molar-refractivity contribution in [2.45, 2.75) is 44.4 Å². The molecule has 2 N–H and O–H groups in total. The zero-order valence-electron chi connectivity index (χ0n) is 16.7. The molecular weight excluding hydrogens is 429 g/mol. The summed E-state index contributed by atoms with van der Waals surface area (Å²) in [6.45, 7) is 0.0631. The predicted molar refractivity (Wildman–Crippen MR) is 118 cm³/mol. The van der Waals surface area contributed by atoms with E-state index in [-0.39, 0.29) is 12.6 Å². The highest BCUT2D eigenvalue weighted by Gasteiger charge is 2.26. The molecule has 30 heavy (non-hydrogen) atoms. The Hall–Kier alpha value is -2.29. The van der Waals surface area contributed by atoms with Crippen LogP contribution in [0.25, 0.3) is 11.2 Å². The quantitative estimate of drug-likeness (QED) is 0.635.